The zero-order valence-electron chi connectivity index (χ0n) is 25.3. The van der Waals surface area contributed by atoms with Gasteiger partial charge in [0.15, 0.2) is 0 Å². The summed E-state index contributed by atoms with van der Waals surface area (Å²) in [7, 11) is 0.754. The molecule has 0 saturated carbocycles. The van der Waals surface area contributed by atoms with Crippen molar-refractivity contribution in [2.24, 2.45) is 0 Å². The molecule has 1 atom stereocenters. The molecule has 7 aromatic carbocycles. The molecule has 0 aliphatic heterocycles. The van der Waals surface area contributed by atoms with Crippen LogP contribution in [0.5, 0.6) is 0 Å². The first-order chi connectivity index (χ1) is 20.6. The van der Waals surface area contributed by atoms with Crippen molar-refractivity contribution in [3.63, 3.8) is 0 Å². The second-order valence-electron chi connectivity index (χ2n) is 10.8. The molecule has 0 bridgehead atoms. The van der Waals surface area contributed by atoms with E-state index in [-0.39, 0.29) is 25.8 Å². The van der Waals surface area contributed by atoms with Gasteiger partial charge in [0.1, 0.15) is 0 Å². The smallest absolute Gasteiger partial charge is 0 e. The van der Waals surface area contributed by atoms with Gasteiger partial charge in [-0.15, -0.1) is 77.4 Å². The fraction of sp³-hybridized carbons (Fsp3) is 0.122. The molecule has 7 aromatic rings. The molecule has 0 spiro atoms. The molecule has 1 unspecified atom stereocenters. The van der Waals surface area contributed by atoms with Gasteiger partial charge in [-0.1, -0.05) is 110 Å². The van der Waals surface area contributed by atoms with E-state index in [4.69, 9.17) is 0 Å². The maximum atomic E-state index is 2.26. The molecule has 0 aliphatic rings. The molecule has 0 amide bonds. The summed E-state index contributed by atoms with van der Waals surface area (Å²) < 4.78 is 0. The van der Waals surface area contributed by atoms with Crippen LogP contribution in [0.4, 0.5) is 0 Å². The van der Waals surface area contributed by atoms with Gasteiger partial charge < -0.3 is 0 Å². The Kier molecular flexibility index (Phi) is 12.5. The van der Waals surface area contributed by atoms with Gasteiger partial charge in [-0.05, 0) is 48.7 Å². The molecular formula is C41H39HfP-2. The number of benzene rings is 5. The molecule has 0 saturated heterocycles. The molecule has 2 heteroatoms. The summed E-state index contributed by atoms with van der Waals surface area (Å²) in [5.41, 5.74) is 6.95. The molecule has 43 heavy (non-hydrogen) atoms. The van der Waals surface area contributed by atoms with Crippen molar-refractivity contribution in [1.82, 2.24) is 0 Å². The van der Waals surface area contributed by atoms with Crippen molar-refractivity contribution >= 4 is 40.7 Å². The molecule has 0 fully saturated rings. The SMILES string of the molecule is Cc1ccc(C)c2[cH-]ccc12.Cc1ccccc1P[c-]1ccc2ccccc21.[Hf].c1ccc(CCc2ccccc2)cc1. The van der Waals surface area contributed by atoms with E-state index < -0.39 is 0 Å². The number of rotatable bonds is 5. The Bertz CT molecular complexity index is 1750. The van der Waals surface area contributed by atoms with Crippen LogP contribution in [0.15, 0.2) is 152 Å². The maximum absolute atomic E-state index is 2.26. The van der Waals surface area contributed by atoms with Crippen LogP contribution in [0.3, 0.4) is 0 Å². The largest absolute Gasteiger partial charge is 0.168 e. The van der Waals surface area contributed by atoms with E-state index in [2.05, 4.69) is 172 Å². The second kappa shape index (κ2) is 16.5. The van der Waals surface area contributed by atoms with Crippen LogP contribution >= 0.6 is 8.58 Å². The van der Waals surface area contributed by atoms with Crippen LogP contribution in [0.2, 0.25) is 0 Å². The van der Waals surface area contributed by atoms with Crippen LogP contribution in [0, 0.1) is 20.8 Å². The fourth-order valence-corrected chi connectivity index (χ4v) is 6.51. The molecule has 0 aliphatic carbocycles. The number of fused-ring (bicyclic) bond motifs is 2. The first-order valence-corrected chi connectivity index (χ1v) is 15.7. The average molecular weight is 741 g/mol. The monoisotopic (exact) mass is 742 g/mol. The van der Waals surface area contributed by atoms with Crippen molar-refractivity contribution in [2.45, 2.75) is 33.6 Å². The van der Waals surface area contributed by atoms with E-state index in [9.17, 15) is 0 Å². The van der Waals surface area contributed by atoms with Crippen molar-refractivity contribution in [2.75, 3.05) is 0 Å². The zero-order valence-corrected chi connectivity index (χ0v) is 29.9. The van der Waals surface area contributed by atoms with E-state index in [0.29, 0.717) is 0 Å². The first-order valence-electron chi connectivity index (χ1n) is 14.7. The minimum Gasteiger partial charge on any atom is -0.168 e. The van der Waals surface area contributed by atoms with Gasteiger partial charge in [0.2, 0.25) is 0 Å². The molecule has 0 aromatic heterocycles. The summed E-state index contributed by atoms with van der Waals surface area (Å²) in [6.07, 6.45) is 2.26. The third-order valence-electron chi connectivity index (χ3n) is 7.73. The van der Waals surface area contributed by atoms with Gasteiger partial charge in [-0.3, -0.25) is 0 Å². The van der Waals surface area contributed by atoms with E-state index in [1.807, 2.05) is 0 Å². The number of hydrogen-bond donors (Lipinski definition) is 0. The Morgan fingerprint density at radius 3 is 1.79 bits per heavy atom. The zero-order chi connectivity index (χ0) is 29.1. The number of aryl methyl sites for hydroxylation is 5. The van der Waals surface area contributed by atoms with Crippen LogP contribution in [0.1, 0.15) is 27.8 Å². The predicted molar refractivity (Wildman–Crippen MR) is 188 cm³/mol. The average Bonchev–Trinajstić information content (AvgIpc) is 3.70. The predicted octanol–water partition coefficient (Wildman–Crippen LogP) is 10.1. The van der Waals surface area contributed by atoms with Gasteiger partial charge >= 0.3 is 0 Å². The molecule has 0 nitrogen and oxygen atoms in total. The van der Waals surface area contributed by atoms with E-state index in [0.717, 1.165) is 21.4 Å². The first kappa shape index (κ1) is 32.5. The van der Waals surface area contributed by atoms with Crippen molar-refractivity contribution < 1.29 is 25.8 Å². The van der Waals surface area contributed by atoms with Crippen LogP contribution in [-0.4, -0.2) is 0 Å². The Labute approximate surface area is 278 Å². The maximum Gasteiger partial charge on any atom is 0 e. The quantitative estimate of drug-likeness (QED) is 0.0937. The fourth-order valence-electron chi connectivity index (χ4n) is 5.23. The van der Waals surface area contributed by atoms with E-state index in [1.165, 1.54) is 60.0 Å². The minimum absolute atomic E-state index is 0. The minimum atomic E-state index is 0. The Hall–Kier alpha value is -3.38. The van der Waals surface area contributed by atoms with E-state index >= 15 is 0 Å². The Morgan fingerprint density at radius 2 is 1.14 bits per heavy atom. The van der Waals surface area contributed by atoms with Gasteiger partial charge in [-0.2, -0.15) is 18.2 Å². The Balaban J connectivity index is 0.000000149. The molecule has 0 N–H and O–H groups in total. The third-order valence-corrected chi connectivity index (χ3v) is 9.27. The normalized spacial score (nSPS) is 10.6. The third kappa shape index (κ3) is 9.06. The van der Waals surface area contributed by atoms with E-state index in [1.54, 1.807) is 0 Å². The summed E-state index contributed by atoms with van der Waals surface area (Å²) in [4.78, 5) is 0. The van der Waals surface area contributed by atoms with Gasteiger partial charge in [0, 0.05) is 25.8 Å². The molecular weight excluding hydrogens is 702 g/mol. The summed E-state index contributed by atoms with van der Waals surface area (Å²) in [6.45, 7) is 6.50. The molecule has 7 rings (SSSR count). The van der Waals surface area contributed by atoms with Crippen molar-refractivity contribution in [3.05, 3.63) is 179 Å². The standard InChI is InChI=1S/C16H14P.C14H14.C11H11.Hf/c1-12-6-2-5-9-15(12)17-16-11-10-13-7-3-4-8-14(13)16;1-3-7-13(8-4-1)11-12-14-9-5-2-6-10-14;1-8-6-7-9(2)11-5-3-4-10(8)11;/h2-11,17H,1H3;1-10H,11-12H2;3-7H,1-2H3;/q-1;;-1;. The van der Waals surface area contributed by atoms with Gasteiger partial charge in [-0.25, -0.2) is 0 Å². The van der Waals surface area contributed by atoms with Crippen molar-refractivity contribution in [1.29, 1.82) is 0 Å². The molecule has 0 heterocycles. The Morgan fingerprint density at radius 1 is 0.558 bits per heavy atom. The summed E-state index contributed by atoms with van der Waals surface area (Å²) in [6, 6.07) is 53.8. The van der Waals surface area contributed by atoms with Crippen molar-refractivity contribution in [3.8, 4) is 0 Å². The molecule has 0 radical (unpaired) electrons. The van der Waals surface area contributed by atoms with Crippen LogP contribution in [-0.2, 0) is 38.7 Å². The summed E-state index contributed by atoms with van der Waals surface area (Å²) in [5.74, 6) is 0. The van der Waals surface area contributed by atoms with Gasteiger partial charge in [0.05, 0.1) is 0 Å². The van der Waals surface area contributed by atoms with Crippen LogP contribution < -0.4 is 10.6 Å². The number of hydrogen-bond acceptors (Lipinski definition) is 0. The topological polar surface area (TPSA) is 0 Å². The van der Waals surface area contributed by atoms with Crippen LogP contribution in [0.25, 0.3) is 21.5 Å². The van der Waals surface area contributed by atoms with Gasteiger partial charge in [0.25, 0.3) is 0 Å². The second-order valence-corrected chi connectivity index (χ2v) is 12.1. The molecule has 214 valence electrons. The summed E-state index contributed by atoms with van der Waals surface area (Å²) in [5, 5.41) is 8.44. The summed E-state index contributed by atoms with van der Waals surface area (Å²) >= 11 is 0.